The van der Waals surface area contributed by atoms with Gasteiger partial charge in [-0.1, -0.05) is 11.0 Å². The van der Waals surface area contributed by atoms with Crippen molar-refractivity contribution in [3.63, 3.8) is 0 Å². The summed E-state index contributed by atoms with van der Waals surface area (Å²) in [6, 6.07) is 0. The van der Waals surface area contributed by atoms with Crippen LogP contribution < -0.4 is 0 Å². The number of nitroso groups, excluding NO2 is 1. The lowest BCUT2D eigenvalue weighted by Crippen LogP contribution is -2.32. The molecule has 1 radical (unpaired) electrons. The zero-order valence-corrected chi connectivity index (χ0v) is 9.04. The minimum Gasteiger partial charge on any atom is -0.294 e. The Kier molecular flexibility index (Phi) is 2.00. The van der Waals surface area contributed by atoms with E-state index in [0.717, 1.165) is 17.1 Å². The molecule has 0 N–H and O–H groups in total. The Labute approximate surface area is 101 Å². The Balaban J connectivity index is 2.16. The number of rotatable bonds is 1. The van der Waals surface area contributed by atoms with Gasteiger partial charge < -0.3 is 0 Å². The van der Waals surface area contributed by atoms with E-state index in [0.29, 0.717) is 0 Å². The van der Waals surface area contributed by atoms with Gasteiger partial charge in [-0.3, -0.25) is 4.79 Å². The molecule has 0 unspecified atom stereocenters. The number of Topliss-reactive ketones (excluding diaryl/α,β-unsaturated/α-hetero) is 1. The maximum atomic E-state index is 11.7. The lowest BCUT2D eigenvalue weighted by atomic mass is 9.96. The first kappa shape index (κ1) is 10.5. The molecule has 87 valence electrons. The zero-order valence-electron chi connectivity index (χ0n) is 9.04. The van der Waals surface area contributed by atoms with Crippen LogP contribution in [0.5, 0.6) is 0 Å². The first-order valence-electron chi connectivity index (χ1n) is 5.21. The van der Waals surface area contributed by atoms with E-state index in [1.165, 1.54) is 0 Å². The molecule has 2 amide bonds. The van der Waals surface area contributed by atoms with Gasteiger partial charge in [-0.25, -0.2) is 9.59 Å². The number of carbonyl (C=O) groups excluding carboxylic acids is 3. The lowest BCUT2D eigenvalue weighted by Gasteiger charge is -2.08. The summed E-state index contributed by atoms with van der Waals surface area (Å²) >= 11 is 0. The van der Waals surface area contributed by atoms with Crippen LogP contribution in [0.4, 0.5) is 0 Å². The van der Waals surface area contributed by atoms with Gasteiger partial charge in [-0.15, -0.1) is 4.90 Å². The zero-order chi connectivity index (χ0) is 12.9. The summed E-state index contributed by atoms with van der Waals surface area (Å²) in [6.45, 7) is 0. The molecule has 0 saturated carbocycles. The van der Waals surface area contributed by atoms with Crippen LogP contribution in [0.25, 0.3) is 0 Å². The second kappa shape index (κ2) is 3.43. The molecule has 0 saturated heterocycles. The Morgan fingerprint density at radius 1 is 1.11 bits per heavy atom. The van der Waals surface area contributed by atoms with Crippen molar-refractivity contribution in [2.45, 2.75) is 6.42 Å². The number of allylic oxidation sites excluding steroid dienone is 4. The van der Waals surface area contributed by atoms with E-state index in [9.17, 15) is 19.3 Å². The molecule has 0 fully saturated rings. The Morgan fingerprint density at radius 2 is 1.78 bits per heavy atom. The number of ketones is 1. The van der Waals surface area contributed by atoms with Crippen LogP contribution in [-0.4, -0.2) is 27.3 Å². The molecule has 0 atom stereocenters. The molecule has 2 aliphatic heterocycles. The second-order valence-corrected chi connectivity index (χ2v) is 3.89. The molecule has 6 nitrogen and oxygen atoms in total. The SMILES string of the molecule is O=C1CC=CC2=C(N3C(=O)C=CC3=O)[N+](=O)[C]=C12. The van der Waals surface area contributed by atoms with Crippen molar-refractivity contribution in [2.75, 3.05) is 0 Å². The standard InChI is InChI=1S/C12H6N2O4/c15-9-3-1-2-7-8(9)6-13(18)12(7)14-10(16)4-5-11(14)17/h1-2,4-5H,3H2/q+1. The minimum atomic E-state index is -0.599. The van der Waals surface area contributed by atoms with Gasteiger partial charge in [0, 0.05) is 23.3 Å². The molecule has 0 aromatic carbocycles. The molecule has 0 bridgehead atoms. The van der Waals surface area contributed by atoms with E-state index >= 15 is 0 Å². The fourth-order valence-electron chi connectivity index (χ4n) is 2.01. The number of hydrogen-bond donors (Lipinski definition) is 0. The van der Waals surface area contributed by atoms with Gasteiger partial charge >= 0.3 is 17.6 Å². The summed E-state index contributed by atoms with van der Waals surface area (Å²) in [5.41, 5.74) is 0.390. The maximum Gasteiger partial charge on any atom is 0.345 e. The summed E-state index contributed by atoms with van der Waals surface area (Å²) in [5.74, 6) is -1.61. The number of carbonyl (C=O) groups is 3. The van der Waals surface area contributed by atoms with E-state index in [4.69, 9.17) is 0 Å². The smallest absolute Gasteiger partial charge is 0.294 e. The molecule has 18 heavy (non-hydrogen) atoms. The van der Waals surface area contributed by atoms with E-state index in [1.54, 1.807) is 12.2 Å². The first-order valence-corrected chi connectivity index (χ1v) is 5.21. The maximum absolute atomic E-state index is 11.7. The van der Waals surface area contributed by atoms with E-state index in [1.807, 2.05) is 0 Å². The van der Waals surface area contributed by atoms with Crippen molar-refractivity contribution < 1.29 is 19.1 Å². The van der Waals surface area contributed by atoms with Crippen LogP contribution in [-0.2, 0) is 14.4 Å². The quantitative estimate of drug-likeness (QED) is 0.484. The normalized spacial score (nSPS) is 22.2. The molecule has 3 aliphatic rings. The van der Waals surface area contributed by atoms with Crippen molar-refractivity contribution in [3.8, 4) is 0 Å². The highest BCUT2D eigenvalue weighted by atomic mass is 16.3. The van der Waals surface area contributed by atoms with Crippen LogP contribution in [0.2, 0.25) is 0 Å². The van der Waals surface area contributed by atoms with Gasteiger partial charge in [-0.2, -0.15) is 0 Å². The van der Waals surface area contributed by atoms with Crippen molar-refractivity contribution in [3.05, 3.63) is 52.4 Å². The van der Waals surface area contributed by atoms with Gasteiger partial charge in [0.2, 0.25) is 6.20 Å². The third kappa shape index (κ3) is 1.26. The molecule has 0 aromatic heterocycles. The van der Waals surface area contributed by atoms with Gasteiger partial charge in [0.05, 0.1) is 11.1 Å². The summed E-state index contributed by atoms with van der Waals surface area (Å²) in [7, 11) is 0. The molecular formula is C12H6N2O4+. The highest BCUT2D eigenvalue weighted by molar-refractivity contribution is 6.14. The van der Waals surface area contributed by atoms with E-state index in [-0.39, 0.29) is 33.9 Å². The average Bonchev–Trinajstić information content (AvgIpc) is 2.81. The number of hydrogen-bond acceptors (Lipinski definition) is 4. The molecule has 0 aromatic rings. The van der Waals surface area contributed by atoms with Crippen LogP contribution in [0.1, 0.15) is 6.42 Å². The Bertz CT molecular complexity index is 631. The summed E-state index contributed by atoms with van der Waals surface area (Å²) in [4.78, 5) is 47.2. The van der Waals surface area contributed by atoms with Crippen LogP contribution in [0.15, 0.2) is 41.3 Å². The predicted octanol–water partition coefficient (Wildman–Crippen LogP) is 0.132. The molecule has 0 spiro atoms. The van der Waals surface area contributed by atoms with E-state index in [2.05, 4.69) is 6.20 Å². The third-order valence-electron chi connectivity index (χ3n) is 2.80. The minimum absolute atomic E-state index is 0.120. The van der Waals surface area contributed by atoms with Crippen molar-refractivity contribution in [1.29, 1.82) is 0 Å². The average molecular weight is 242 g/mol. The Morgan fingerprint density at radius 3 is 2.44 bits per heavy atom. The monoisotopic (exact) mass is 242 g/mol. The number of nitrogens with zero attached hydrogens (tertiary/aromatic N) is 2. The summed E-state index contributed by atoms with van der Waals surface area (Å²) in [6.07, 6.45) is 7.80. The number of fused-ring (bicyclic) bond motifs is 1. The van der Waals surface area contributed by atoms with Crippen molar-refractivity contribution in [1.82, 2.24) is 4.90 Å². The lowest BCUT2D eigenvalue weighted by molar-refractivity contribution is -0.451. The van der Waals surface area contributed by atoms with Gasteiger partial charge in [0.25, 0.3) is 0 Å². The topological polar surface area (TPSA) is 74.5 Å². The molecule has 2 heterocycles. The number of amides is 2. The van der Waals surface area contributed by atoms with Crippen LogP contribution >= 0.6 is 0 Å². The number of imide groups is 1. The summed E-state index contributed by atoms with van der Waals surface area (Å²) in [5, 5.41) is 0. The van der Waals surface area contributed by atoms with E-state index < -0.39 is 11.8 Å². The fourth-order valence-corrected chi connectivity index (χ4v) is 2.01. The van der Waals surface area contributed by atoms with Crippen molar-refractivity contribution in [2.24, 2.45) is 0 Å². The fraction of sp³-hybridized carbons (Fsp3) is 0.0833. The largest absolute Gasteiger partial charge is 0.345 e. The van der Waals surface area contributed by atoms with Crippen molar-refractivity contribution >= 4 is 17.6 Å². The molecule has 3 rings (SSSR count). The van der Waals surface area contributed by atoms with Gasteiger partial charge in [0.15, 0.2) is 5.78 Å². The molecule has 6 heteroatoms. The second-order valence-electron chi connectivity index (χ2n) is 3.89. The highest BCUT2D eigenvalue weighted by Crippen LogP contribution is 2.32. The van der Waals surface area contributed by atoms with Crippen LogP contribution in [0, 0.1) is 11.1 Å². The highest BCUT2D eigenvalue weighted by Gasteiger charge is 2.46. The third-order valence-corrected chi connectivity index (χ3v) is 2.80. The van der Waals surface area contributed by atoms with Crippen LogP contribution in [0.3, 0.4) is 0 Å². The predicted molar refractivity (Wildman–Crippen MR) is 57.2 cm³/mol. The van der Waals surface area contributed by atoms with Gasteiger partial charge in [-0.05, 0) is 6.08 Å². The first-order chi connectivity index (χ1) is 8.59. The molecular weight excluding hydrogens is 236 g/mol. The Hall–Kier alpha value is -2.63. The summed E-state index contributed by atoms with van der Waals surface area (Å²) < 4.78 is 0.265. The van der Waals surface area contributed by atoms with Gasteiger partial charge in [0.1, 0.15) is 0 Å². The molecule has 1 aliphatic carbocycles.